The van der Waals surface area contributed by atoms with Gasteiger partial charge in [0.2, 0.25) is 0 Å². The maximum absolute atomic E-state index is 12.3. The zero-order chi connectivity index (χ0) is 15.5. The Hall–Kier alpha value is -1.89. The number of hydrogen-bond donors (Lipinski definition) is 4. The predicted octanol–water partition coefficient (Wildman–Crippen LogP) is 1.04. The SMILES string of the molecule is O=C(NCC1CNCC1O)c1cn[nH]c1-c1cccc(Cl)c1. The first-order valence-electron chi connectivity index (χ1n) is 7.11. The van der Waals surface area contributed by atoms with Crippen LogP contribution in [0.15, 0.2) is 30.5 Å². The molecular formula is C15H17ClN4O2. The molecule has 1 aromatic heterocycles. The number of hydrogen-bond acceptors (Lipinski definition) is 4. The molecule has 7 heteroatoms. The van der Waals surface area contributed by atoms with Gasteiger partial charge < -0.3 is 15.7 Å². The lowest BCUT2D eigenvalue weighted by Crippen LogP contribution is -2.34. The standard InChI is InChI=1S/C15H17ClN4O2/c16-11-3-1-2-9(4-11)14-12(7-19-20-14)15(22)18-6-10-5-17-8-13(10)21/h1-4,7,10,13,17,21H,5-6,8H2,(H,18,22)(H,19,20). The summed E-state index contributed by atoms with van der Waals surface area (Å²) in [6.45, 7) is 1.70. The number of β-amino-alcohol motifs (C(OH)–C–C–N with tert-alkyl or cyclic N) is 1. The van der Waals surface area contributed by atoms with Crippen LogP contribution in [0.25, 0.3) is 11.3 Å². The minimum absolute atomic E-state index is 0.0328. The minimum Gasteiger partial charge on any atom is -0.391 e. The van der Waals surface area contributed by atoms with Crippen LogP contribution >= 0.6 is 11.6 Å². The number of aromatic amines is 1. The van der Waals surface area contributed by atoms with E-state index in [1.165, 1.54) is 6.20 Å². The van der Waals surface area contributed by atoms with Crippen molar-refractivity contribution in [2.75, 3.05) is 19.6 Å². The van der Waals surface area contributed by atoms with Crippen molar-refractivity contribution in [2.24, 2.45) is 5.92 Å². The van der Waals surface area contributed by atoms with Gasteiger partial charge in [-0.05, 0) is 12.1 Å². The van der Waals surface area contributed by atoms with Crippen molar-refractivity contribution in [3.05, 3.63) is 41.0 Å². The molecule has 116 valence electrons. The highest BCUT2D eigenvalue weighted by atomic mass is 35.5. The summed E-state index contributed by atoms with van der Waals surface area (Å²) in [5, 5.41) is 23.1. The van der Waals surface area contributed by atoms with E-state index in [9.17, 15) is 9.90 Å². The van der Waals surface area contributed by atoms with E-state index in [0.717, 1.165) is 5.56 Å². The number of amides is 1. The van der Waals surface area contributed by atoms with Gasteiger partial charge in [0.25, 0.3) is 5.91 Å². The van der Waals surface area contributed by atoms with Gasteiger partial charge in [-0.25, -0.2) is 0 Å². The van der Waals surface area contributed by atoms with Gasteiger partial charge in [-0.15, -0.1) is 0 Å². The van der Waals surface area contributed by atoms with E-state index in [4.69, 9.17) is 11.6 Å². The lowest BCUT2D eigenvalue weighted by atomic mass is 10.1. The third-order valence-corrected chi connectivity index (χ3v) is 4.06. The van der Waals surface area contributed by atoms with Crippen molar-refractivity contribution >= 4 is 17.5 Å². The van der Waals surface area contributed by atoms with Crippen LogP contribution in [0.2, 0.25) is 5.02 Å². The van der Waals surface area contributed by atoms with Crippen LogP contribution in [0.1, 0.15) is 10.4 Å². The number of aliphatic hydroxyl groups excluding tert-OH is 1. The van der Waals surface area contributed by atoms with Gasteiger partial charge in [0.15, 0.2) is 0 Å². The number of aliphatic hydroxyl groups is 1. The van der Waals surface area contributed by atoms with Crippen molar-refractivity contribution in [1.82, 2.24) is 20.8 Å². The molecule has 0 spiro atoms. The molecule has 4 N–H and O–H groups in total. The van der Waals surface area contributed by atoms with E-state index in [1.54, 1.807) is 12.1 Å². The number of carbonyl (C=O) groups is 1. The number of halogens is 1. The van der Waals surface area contributed by atoms with E-state index in [1.807, 2.05) is 12.1 Å². The second-order valence-corrected chi connectivity index (χ2v) is 5.80. The molecule has 1 aromatic carbocycles. The number of benzene rings is 1. The van der Waals surface area contributed by atoms with E-state index >= 15 is 0 Å². The molecule has 0 bridgehead atoms. The first kappa shape index (κ1) is 15.0. The summed E-state index contributed by atoms with van der Waals surface area (Å²) in [4.78, 5) is 12.3. The number of aromatic nitrogens is 2. The van der Waals surface area contributed by atoms with Crippen molar-refractivity contribution in [1.29, 1.82) is 0 Å². The summed E-state index contributed by atoms with van der Waals surface area (Å²) >= 11 is 5.99. The largest absolute Gasteiger partial charge is 0.391 e. The first-order chi connectivity index (χ1) is 10.6. The summed E-state index contributed by atoms with van der Waals surface area (Å²) < 4.78 is 0. The smallest absolute Gasteiger partial charge is 0.255 e. The van der Waals surface area contributed by atoms with Gasteiger partial charge in [-0.2, -0.15) is 5.10 Å². The number of nitrogens with zero attached hydrogens (tertiary/aromatic N) is 1. The molecule has 1 fully saturated rings. The Balaban J connectivity index is 1.72. The average Bonchev–Trinajstić information content (AvgIpc) is 3.14. The first-order valence-corrected chi connectivity index (χ1v) is 7.49. The van der Waals surface area contributed by atoms with Crippen LogP contribution in [0, 0.1) is 5.92 Å². The highest BCUT2D eigenvalue weighted by molar-refractivity contribution is 6.30. The summed E-state index contributed by atoms with van der Waals surface area (Å²) in [7, 11) is 0. The Bertz CT molecular complexity index is 673. The van der Waals surface area contributed by atoms with Gasteiger partial charge >= 0.3 is 0 Å². The fraction of sp³-hybridized carbons (Fsp3) is 0.333. The second-order valence-electron chi connectivity index (χ2n) is 5.36. The van der Waals surface area contributed by atoms with Crippen molar-refractivity contribution in [3.8, 4) is 11.3 Å². The maximum atomic E-state index is 12.3. The van der Waals surface area contributed by atoms with Crippen LogP contribution in [-0.2, 0) is 0 Å². The monoisotopic (exact) mass is 320 g/mol. The fourth-order valence-electron chi connectivity index (χ4n) is 2.57. The molecule has 0 radical (unpaired) electrons. The molecule has 1 saturated heterocycles. The molecule has 22 heavy (non-hydrogen) atoms. The van der Waals surface area contributed by atoms with E-state index in [-0.39, 0.29) is 11.8 Å². The molecule has 3 rings (SSSR count). The summed E-state index contributed by atoms with van der Waals surface area (Å²) in [6.07, 6.45) is 1.08. The molecular weight excluding hydrogens is 304 g/mol. The zero-order valence-electron chi connectivity index (χ0n) is 11.8. The lowest BCUT2D eigenvalue weighted by molar-refractivity contribution is 0.0928. The third-order valence-electron chi connectivity index (χ3n) is 3.83. The average molecular weight is 321 g/mol. The molecule has 1 aliphatic heterocycles. The van der Waals surface area contributed by atoms with Crippen LogP contribution in [0.3, 0.4) is 0 Å². The van der Waals surface area contributed by atoms with E-state index in [0.29, 0.717) is 35.9 Å². The van der Waals surface area contributed by atoms with Gasteiger partial charge in [-0.3, -0.25) is 9.89 Å². The van der Waals surface area contributed by atoms with Crippen LogP contribution in [0.4, 0.5) is 0 Å². The molecule has 2 atom stereocenters. The van der Waals surface area contributed by atoms with Gasteiger partial charge in [0, 0.05) is 36.1 Å². The third kappa shape index (κ3) is 3.14. The van der Waals surface area contributed by atoms with Crippen LogP contribution < -0.4 is 10.6 Å². The zero-order valence-corrected chi connectivity index (χ0v) is 12.6. The molecule has 2 aromatic rings. The number of nitrogens with one attached hydrogen (secondary N) is 3. The number of rotatable bonds is 4. The minimum atomic E-state index is -0.419. The molecule has 2 unspecified atom stereocenters. The maximum Gasteiger partial charge on any atom is 0.255 e. The Morgan fingerprint density at radius 2 is 2.32 bits per heavy atom. The Morgan fingerprint density at radius 1 is 1.45 bits per heavy atom. The molecule has 2 heterocycles. The summed E-state index contributed by atoms with van der Waals surface area (Å²) in [5.41, 5.74) is 1.89. The number of H-pyrrole nitrogens is 1. The molecule has 0 aliphatic carbocycles. The quantitative estimate of drug-likeness (QED) is 0.677. The van der Waals surface area contributed by atoms with Crippen molar-refractivity contribution in [3.63, 3.8) is 0 Å². The summed E-state index contributed by atoms with van der Waals surface area (Å²) in [5.74, 6) is -0.187. The van der Waals surface area contributed by atoms with Crippen molar-refractivity contribution in [2.45, 2.75) is 6.10 Å². The number of carbonyl (C=O) groups excluding carboxylic acids is 1. The molecule has 0 saturated carbocycles. The topological polar surface area (TPSA) is 90.0 Å². The van der Waals surface area contributed by atoms with Gasteiger partial charge in [0.1, 0.15) is 0 Å². The normalized spacial score (nSPS) is 21.0. The Morgan fingerprint density at radius 3 is 3.05 bits per heavy atom. The van der Waals surface area contributed by atoms with Gasteiger partial charge in [0.05, 0.1) is 23.6 Å². The highest BCUT2D eigenvalue weighted by Gasteiger charge is 2.25. The predicted molar refractivity (Wildman–Crippen MR) is 83.7 cm³/mol. The fourth-order valence-corrected chi connectivity index (χ4v) is 2.76. The summed E-state index contributed by atoms with van der Waals surface area (Å²) in [6, 6.07) is 7.23. The van der Waals surface area contributed by atoms with Crippen LogP contribution in [-0.4, -0.2) is 46.9 Å². The molecule has 1 amide bonds. The molecule has 6 nitrogen and oxygen atoms in total. The Labute approximate surface area is 132 Å². The van der Waals surface area contributed by atoms with E-state index < -0.39 is 6.10 Å². The highest BCUT2D eigenvalue weighted by Crippen LogP contribution is 2.24. The van der Waals surface area contributed by atoms with Crippen molar-refractivity contribution < 1.29 is 9.90 Å². The lowest BCUT2D eigenvalue weighted by Gasteiger charge is -2.14. The van der Waals surface area contributed by atoms with Gasteiger partial charge in [-0.1, -0.05) is 23.7 Å². The second kappa shape index (κ2) is 6.48. The molecule has 1 aliphatic rings. The van der Waals surface area contributed by atoms with E-state index in [2.05, 4.69) is 20.8 Å². The van der Waals surface area contributed by atoms with Crippen LogP contribution in [0.5, 0.6) is 0 Å². The Kier molecular flexibility index (Phi) is 4.42.